The molecule has 11 heteroatoms. The number of fused-ring (bicyclic) bond motifs is 5. The molecule has 4 aliphatic heterocycles. The van der Waals surface area contributed by atoms with E-state index in [1.54, 1.807) is 6.07 Å². The van der Waals surface area contributed by atoms with Crippen LogP contribution in [0.5, 0.6) is 5.75 Å². The molecule has 6 aliphatic rings. The number of methoxy groups -OCH3 is 1. The van der Waals surface area contributed by atoms with E-state index in [2.05, 4.69) is 43.7 Å². The molecule has 2 aromatic rings. The number of carbonyl (C=O) groups excluding carboxylic acids is 1. The SMILES string of the molecule is CC[C@@H]1CC/C=C/[C@](CN2CCN3CCCC[C@@H]3C2)(OC)[C@@H]2CC[C@H]2CN2C[C@@]3(CCCc4cc(Cl)ccc43)COc3ccc(cc32)C(=O)NS1(=O)=O. The van der Waals surface area contributed by atoms with E-state index >= 15 is 0 Å². The van der Waals surface area contributed by atoms with Crippen molar-refractivity contribution in [1.82, 2.24) is 14.5 Å². The maximum atomic E-state index is 13.7. The Labute approximate surface area is 321 Å². The molecule has 1 spiro atoms. The number of aryl methyl sites for hydroxylation is 1. The van der Waals surface area contributed by atoms with Gasteiger partial charge in [0.1, 0.15) is 11.4 Å². The van der Waals surface area contributed by atoms with Gasteiger partial charge < -0.3 is 14.4 Å². The largest absolute Gasteiger partial charge is 0.490 e. The van der Waals surface area contributed by atoms with Crippen LogP contribution in [0.3, 0.4) is 0 Å². The summed E-state index contributed by atoms with van der Waals surface area (Å²) in [5, 5.41) is 0.0721. The van der Waals surface area contributed by atoms with Crippen LogP contribution in [0.2, 0.25) is 5.02 Å². The van der Waals surface area contributed by atoms with Crippen molar-refractivity contribution in [3.05, 3.63) is 70.3 Å². The molecular formula is C42H57ClN4O5S. The van der Waals surface area contributed by atoms with Gasteiger partial charge in [-0.25, -0.2) is 13.1 Å². The zero-order chi connectivity index (χ0) is 36.8. The van der Waals surface area contributed by atoms with Crippen LogP contribution in [0.25, 0.3) is 0 Å². The van der Waals surface area contributed by atoms with Gasteiger partial charge in [-0.2, -0.15) is 0 Å². The number of anilines is 1. The van der Waals surface area contributed by atoms with Crippen molar-refractivity contribution in [2.75, 3.05) is 64.4 Å². The highest BCUT2D eigenvalue weighted by Crippen LogP contribution is 2.49. The number of benzene rings is 2. The van der Waals surface area contributed by atoms with Gasteiger partial charge in [0.25, 0.3) is 5.91 Å². The molecule has 8 rings (SSSR count). The fourth-order valence-electron chi connectivity index (χ4n) is 10.7. The second-order valence-electron chi connectivity index (χ2n) is 16.8. The number of rotatable bonds is 4. The first-order valence-corrected chi connectivity index (χ1v) is 22.1. The molecule has 4 heterocycles. The van der Waals surface area contributed by atoms with Gasteiger partial charge in [0.15, 0.2) is 0 Å². The summed E-state index contributed by atoms with van der Waals surface area (Å²) >= 11 is 6.51. The van der Waals surface area contributed by atoms with E-state index in [1.165, 1.54) is 36.9 Å². The molecule has 288 valence electrons. The fraction of sp³-hybridized carbons (Fsp3) is 0.643. The lowest BCUT2D eigenvalue weighted by atomic mass is 9.63. The molecule has 1 N–H and O–H groups in total. The standard InChI is InChI=1S/C42H57ClN4O5S/c1-3-35-11-4-6-19-42(51-2,28-45-21-22-46-20-7-5-10-34(46)26-45)37-15-12-32(37)25-47-27-41(18-8-9-30-23-33(43)14-16-36(30)41)29-52-39-17-13-31(24-38(39)47)40(48)44-53(35,49)50/h6,13-14,16-17,19,23-24,32,34-35,37H,3-5,7-12,15,18,20-22,25-29H2,1-2H3,(H,44,48)/b19-6+/t32-,34+,35+,37+,41-,42+/m0/s1. The molecule has 3 fully saturated rings. The van der Waals surface area contributed by atoms with E-state index in [0.717, 1.165) is 87.8 Å². The second kappa shape index (κ2) is 15.1. The summed E-state index contributed by atoms with van der Waals surface area (Å²) in [5.41, 5.74) is 3.01. The highest BCUT2D eigenvalue weighted by molar-refractivity contribution is 7.90. The maximum absolute atomic E-state index is 13.7. The molecular weight excluding hydrogens is 708 g/mol. The fourth-order valence-corrected chi connectivity index (χ4v) is 12.3. The molecule has 6 atom stereocenters. The van der Waals surface area contributed by atoms with E-state index in [0.29, 0.717) is 49.3 Å². The van der Waals surface area contributed by atoms with Gasteiger partial charge in [-0.1, -0.05) is 43.2 Å². The minimum atomic E-state index is -3.91. The Morgan fingerprint density at radius 2 is 1.91 bits per heavy atom. The number of amides is 1. The monoisotopic (exact) mass is 764 g/mol. The molecule has 2 aliphatic carbocycles. The number of allylic oxidation sites excluding steroid dienone is 1. The molecule has 0 radical (unpaired) electrons. The number of piperidine rings is 1. The minimum absolute atomic E-state index is 0.255. The van der Waals surface area contributed by atoms with Crippen LogP contribution in [0.1, 0.15) is 92.6 Å². The number of carbonyl (C=O) groups is 1. The lowest BCUT2D eigenvalue weighted by molar-refractivity contribution is -0.100. The highest BCUT2D eigenvalue weighted by Gasteiger charge is 2.50. The number of hydrogen-bond donors (Lipinski definition) is 1. The summed E-state index contributed by atoms with van der Waals surface area (Å²) in [4.78, 5) is 21.5. The van der Waals surface area contributed by atoms with Crippen LogP contribution in [0.15, 0.2) is 48.6 Å². The number of piperazine rings is 1. The van der Waals surface area contributed by atoms with Gasteiger partial charge in [0.05, 0.1) is 17.5 Å². The summed E-state index contributed by atoms with van der Waals surface area (Å²) in [6, 6.07) is 12.3. The van der Waals surface area contributed by atoms with Crippen molar-refractivity contribution in [3.63, 3.8) is 0 Å². The van der Waals surface area contributed by atoms with Crippen LogP contribution in [0, 0.1) is 11.8 Å². The summed E-state index contributed by atoms with van der Waals surface area (Å²) in [7, 11) is -2.03. The lowest BCUT2D eigenvalue weighted by Crippen LogP contribution is -2.61. The molecule has 0 aromatic heterocycles. The predicted octanol–water partition coefficient (Wildman–Crippen LogP) is 6.58. The van der Waals surface area contributed by atoms with Crippen LogP contribution in [-0.2, 0) is 26.6 Å². The quantitative estimate of drug-likeness (QED) is 0.350. The van der Waals surface area contributed by atoms with Crippen molar-refractivity contribution in [3.8, 4) is 5.75 Å². The van der Waals surface area contributed by atoms with E-state index < -0.39 is 26.8 Å². The van der Waals surface area contributed by atoms with E-state index in [-0.39, 0.29) is 5.41 Å². The Morgan fingerprint density at radius 3 is 2.72 bits per heavy atom. The van der Waals surface area contributed by atoms with Crippen LogP contribution in [-0.4, -0.2) is 101 Å². The molecule has 1 saturated carbocycles. The van der Waals surface area contributed by atoms with Gasteiger partial charge in [-0.15, -0.1) is 0 Å². The van der Waals surface area contributed by atoms with E-state index in [9.17, 15) is 13.2 Å². The number of halogens is 1. The van der Waals surface area contributed by atoms with Crippen molar-refractivity contribution in [1.29, 1.82) is 0 Å². The summed E-state index contributed by atoms with van der Waals surface area (Å²) in [6.45, 7) is 9.18. The Hall–Kier alpha value is -2.63. The Morgan fingerprint density at radius 1 is 1.02 bits per heavy atom. The van der Waals surface area contributed by atoms with Crippen molar-refractivity contribution in [2.24, 2.45) is 11.8 Å². The van der Waals surface area contributed by atoms with Gasteiger partial charge >= 0.3 is 0 Å². The molecule has 1 amide bonds. The first-order chi connectivity index (χ1) is 25.6. The maximum Gasteiger partial charge on any atom is 0.264 e. The number of ether oxygens (including phenoxy) is 2. The number of nitrogens with zero attached hydrogens (tertiary/aromatic N) is 3. The third-order valence-corrected chi connectivity index (χ3v) is 15.9. The van der Waals surface area contributed by atoms with E-state index in [4.69, 9.17) is 21.1 Å². The highest BCUT2D eigenvalue weighted by atomic mass is 35.5. The van der Waals surface area contributed by atoms with Crippen LogP contribution < -0.4 is 14.4 Å². The second-order valence-corrected chi connectivity index (χ2v) is 19.2. The molecule has 0 unspecified atom stereocenters. The Balaban J connectivity index is 1.18. The van der Waals surface area contributed by atoms with Crippen molar-refractivity contribution in [2.45, 2.75) is 99.9 Å². The molecule has 53 heavy (non-hydrogen) atoms. The molecule has 9 nitrogen and oxygen atoms in total. The predicted molar refractivity (Wildman–Crippen MR) is 211 cm³/mol. The Kier molecular flexibility index (Phi) is 10.6. The zero-order valence-corrected chi connectivity index (χ0v) is 33.1. The van der Waals surface area contributed by atoms with Crippen LogP contribution >= 0.6 is 11.6 Å². The van der Waals surface area contributed by atoms with Crippen LogP contribution in [0.4, 0.5) is 5.69 Å². The average Bonchev–Trinajstić information content (AvgIpc) is 3.29. The smallest absolute Gasteiger partial charge is 0.264 e. The lowest BCUT2D eigenvalue weighted by Gasteiger charge is -2.53. The molecule has 2 saturated heterocycles. The minimum Gasteiger partial charge on any atom is -0.490 e. The summed E-state index contributed by atoms with van der Waals surface area (Å²) in [6.07, 6.45) is 15.0. The summed E-state index contributed by atoms with van der Waals surface area (Å²) < 4.78 is 43.2. The van der Waals surface area contributed by atoms with Crippen molar-refractivity contribution < 1.29 is 22.7 Å². The third kappa shape index (κ3) is 7.28. The number of sulfonamides is 1. The number of hydrogen-bond acceptors (Lipinski definition) is 8. The van der Waals surface area contributed by atoms with Gasteiger partial charge in [0.2, 0.25) is 10.0 Å². The average molecular weight is 765 g/mol. The van der Waals surface area contributed by atoms with E-state index in [1.807, 2.05) is 32.2 Å². The summed E-state index contributed by atoms with van der Waals surface area (Å²) in [5.74, 6) is 0.790. The zero-order valence-electron chi connectivity index (χ0n) is 31.5. The topological polar surface area (TPSA) is 91.4 Å². The first kappa shape index (κ1) is 37.3. The van der Waals surface area contributed by atoms with Crippen molar-refractivity contribution >= 4 is 33.2 Å². The van der Waals surface area contributed by atoms with Gasteiger partial charge in [-0.3, -0.25) is 14.6 Å². The van der Waals surface area contributed by atoms with Gasteiger partial charge in [0, 0.05) is 68.4 Å². The molecule has 2 aromatic carbocycles. The number of nitrogens with one attached hydrogen (secondary N) is 1. The Bertz CT molecular complexity index is 1820. The molecule has 2 bridgehead atoms. The third-order valence-electron chi connectivity index (χ3n) is 13.8. The first-order valence-electron chi connectivity index (χ1n) is 20.2. The normalized spacial score (nSPS) is 34.0. The van der Waals surface area contributed by atoms with Gasteiger partial charge in [-0.05, 0) is 124 Å².